The van der Waals surface area contributed by atoms with E-state index in [2.05, 4.69) is 15.0 Å². The first-order chi connectivity index (χ1) is 9.50. The number of rotatable bonds is 2. The molecule has 127 valence electrons. The van der Waals surface area contributed by atoms with Crippen LogP contribution in [-0.4, -0.2) is 106 Å². The first-order valence-electron chi connectivity index (χ1n) is 6.13. The molecule has 2 aromatic rings. The summed E-state index contributed by atoms with van der Waals surface area (Å²) in [5.74, 6) is 0.180. The van der Waals surface area contributed by atoms with E-state index in [0.29, 0.717) is 11.2 Å². The van der Waals surface area contributed by atoms with Gasteiger partial charge < -0.3 is 42.2 Å². The molecule has 5 atom stereocenters. The molecule has 0 aliphatic carbocycles. The van der Waals surface area contributed by atoms with Crippen LogP contribution in [0.15, 0.2) is 12.7 Å². The summed E-state index contributed by atoms with van der Waals surface area (Å²) in [7, 11) is 0. The van der Waals surface area contributed by atoms with Gasteiger partial charge in [0, 0.05) is 29.6 Å². The zero-order chi connectivity index (χ0) is 14.4. The number of anilines is 1. The molecule has 23 heavy (non-hydrogen) atoms. The molecular weight excluding hydrogens is 325 g/mol. The summed E-state index contributed by atoms with van der Waals surface area (Å²) in [6.07, 6.45) is -2.36. The molecule has 2 aromatic heterocycles. The molecule has 3 heterocycles. The predicted molar refractivity (Wildman–Crippen MR) is 79.3 cm³/mol. The summed E-state index contributed by atoms with van der Waals surface area (Å²) in [4.78, 5) is 11.8. The molecule has 0 saturated carbocycles. The normalized spacial score (nSPS) is 27.7. The molecule has 1 aliphatic heterocycles. The van der Waals surface area contributed by atoms with Crippen molar-refractivity contribution < 1.29 is 37.9 Å². The number of nitrogen functional groups attached to an aromatic ring is 1. The summed E-state index contributed by atoms with van der Waals surface area (Å²) < 4.78 is 13.9. The fourth-order valence-corrected chi connectivity index (χ4v) is 2.09. The number of aliphatic hydroxyl groups is 3. The molecule has 12 nitrogen and oxygen atoms in total. The van der Waals surface area contributed by atoms with E-state index >= 15 is 0 Å². The van der Waals surface area contributed by atoms with Crippen molar-refractivity contribution in [1.82, 2.24) is 19.5 Å². The maximum Gasteiger partial charge on any atom is 0.167 e. The van der Waals surface area contributed by atoms with Gasteiger partial charge in [0.1, 0.15) is 30.2 Å². The van der Waals surface area contributed by atoms with Crippen molar-refractivity contribution >= 4 is 46.5 Å². The van der Waals surface area contributed by atoms with Gasteiger partial charge in [-0.25, -0.2) is 15.0 Å². The van der Waals surface area contributed by atoms with E-state index < -0.39 is 31.1 Å². The molecular formula is C10H19N5NaO7. The van der Waals surface area contributed by atoms with Crippen LogP contribution in [0.25, 0.3) is 11.2 Å². The Morgan fingerprint density at radius 1 is 1.22 bits per heavy atom. The van der Waals surface area contributed by atoms with Crippen LogP contribution < -0.4 is 5.73 Å². The van der Waals surface area contributed by atoms with Crippen LogP contribution in [0.5, 0.6) is 0 Å². The average Bonchev–Trinajstić information content (AvgIpc) is 2.94. The maximum absolute atomic E-state index is 9.98. The van der Waals surface area contributed by atoms with Crippen LogP contribution in [-0.2, 0) is 4.74 Å². The van der Waals surface area contributed by atoms with Crippen molar-refractivity contribution in [3.8, 4) is 0 Å². The molecule has 1 fully saturated rings. The number of nitrogens with two attached hydrogens (primary N) is 1. The summed E-state index contributed by atoms with van der Waals surface area (Å²) in [6, 6.07) is 0. The Balaban J connectivity index is 0. The van der Waals surface area contributed by atoms with Gasteiger partial charge in [-0.15, -0.1) is 0 Å². The summed E-state index contributed by atoms with van der Waals surface area (Å²) >= 11 is 0. The van der Waals surface area contributed by atoms with Gasteiger partial charge in [-0.3, -0.25) is 4.57 Å². The minimum absolute atomic E-state index is 0. The van der Waals surface area contributed by atoms with E-state index in [-0.39, 0.29) is 51.8 Å². The molecule has 0 amide bonds. The Morgan fingerprint density at radius 3 is 2.43 bits per heavy atom. The molecule has 1 saturated heterocycles. The molecule has 0 bridgehead atoms. The van der Waals surface area contributed by atoms with E-state index in [9.17, 15) is 15.3 Å². The van der Waals surface area contributed by atoms with Gasteiger partial charge in [0.25, 0.3) is 0 Å². The Kier molecular flexibility index (Phi) is 9.01. The van der Waals surface area contributed by atoms with Crippen molar-refractivity contribution in [3.05, 3.63) is 12.7 Å². The first kappa shape index (κ1) is 22.1. The van der Waals surface area contributed by atoms with Crippen LogP contribution in [0.3, 0.4) is 0 Å². The molecule has 1 aliphatic rings. The van der Waals surface area contributed by atoms with Gasteiger partial charge in [-0.05, 0) is 0 Å². The average molecular weight is 345 g/mol. The molecule has 0 spiro atoms. The number of hydrogen-bond acceptors (Lipinski definition) is 8. The second-order valence-electron chi connectivity index (χ2n) is 4.20. The Labute approximate surface area is 153 Å². The number of nitrogens with zero attached hydrogens (tertiary/aromatic N) is 4. The van der Waals surface area contributed by atoms with Crippen LogP contribution in [0.4, 0.5) is 5.82 Å². The zero-order valence-corrected chi connectivity index (χ0v) is 14.2. The topological polar surface area (TPSA) is 234 Å². The number of imidazole rings is 1. The van der Waals surface area contributed by atoms with Crippen LogP contribution >= 0.6 is 0 Å². The van der Waals surface area contributed by atoms with Gasteiger partial charge >= 0.3 is 0 Å². The molecule has 1 unspecified atom stereocenters. The van der Waals surface area contributed by atoms with E-state index in [0.717, 1.165) is 0 Å². The van der Waals surface area contributed by atoms with Crippen LogP contribution in [0, 0.1) is 0 Å². The smallest absolute Gasteiger partial charge is 0.167 e. The van der Waals surface area contributed by atoms with E-state index in [1.54, 1.807) is 0 Å². The molecule has 13 heteroatoms. The monoisotopic (exact) mass is 345 g/mol. The number of ether oxygens (including phenoxy) is 1. The van der Waals surface area contributed by atoms with Crippen molar-refractivity contribution in [2.75, 3.05) is 12.3 Å². The maximum atomic E-state index is 9.98. The third-order valence-corrected chi connectivity index (χ3v) is 3.08. The van der Waals surface area contributed by atoms with Gasteiger partial charge in [-0.2, -0.15) is 0 Å². The molecule has 3 rings (SSSR count). The Bertz CT molecular complexity index is 647. The predicted octanol–water partition coefficient (Wildman–Crippen LogP) is -4.83. The van der Waals surface area contributed by atoms with Crippen molar-refractivity contribution in [1.29, 1.82) is 0 Å². The van der Waals surface area contributed by atoms with Crippen molar-refractivity contribution in [3.63, 3.8) is 0 Å². The minimum atomic E-state index is -1.67. The Morgan fingerprint density at radius 2 is 1.87 bits per heavy atom. The fourth-order valence-electron chi connectivity index (χ4n) is 2.09. The largest absolute Gasteiger partial charge is 0.412 e. The summed E-state index contributed by atoms with van der Waals surface area (Å²) in [6.45, 7) is -1.67. The summed E-state index contributed by atoms with van der Waals surface area (Å²) in [5, 5.41) is 29.0. The third kappa shape index (κ3) is 3.95. The van der Waals surface area contributed by atoms with Crippen molar-refractivity contribution in [2.45, 2.75) is 24.5 Å². The molecule has 0 aromatic carbocycles. The number of aromatic nitrogens is 4. The van der Waals surface area contributed by atoms with E-state index in [1.807, 2.05) is 0 Å². The second kappa shape index (κ2) is 9.39. The fraction of sp³-hybridized carbons (Fsp3) is 0.500. The third-order valence-electron chi connectivity index (χ3n) is 3.08. The van der Waals surface area contributed by atoms with E-state index in [4.69, 9.17) is 11.8 Å². The van der Waals surface area contributed by atoms with Gasteiger partial charge in [-0.1, -0.05) is 0 Å². The number of aliphatic hydroxyl groups excluding tert-OH is 3. The Hall–Kier alpha value is -0.930. The molecule has 11 N–H and O–H groups in total. The van der Waals surface area contributed by atoms with Crippen molar-refractivity contribution in [2.24, 2.45) is 0 Å². The number of hydrogen-bond donors (Lipinski definition) is 4. The minimum Gasteiger partial charge on any atom is -0.412 e. The molecule has 1 radical (unpaired) electrons. The van der Waals surface area contributed by atoms with E-state index in [1.165, 1.54) is 17.2 Å². The van der Waals surface area contributed by atoms with Crippen LogP contribution in [0.2, 0.25) is 0 Å². The van der Waals surface area contributed by atoms with Gasteiger partial charge in [0.2, 0.25) is 0 Å². The standard InChI is InChI=1S/C10H13N5O4.Na.3H2O/c11-8-5-9(13-2-12-8)15(3-14-5)10-7(18)6(17)4(1-16)19-10;;;;/h2-4,6-7,10,16-18H,1H2,(H2,11,12,13);;3*1H2/t4-,6-,7-,10-;;;;/m1..../s1/i1D;;;;/t1?,4-,6-,7-,10-;;;;. The second-order valence-corrected chi connectivity index (χ2v) is 4.20. The zero-order valence-electron chi connectivity index (χ0n) is 13.2. The van der Waals surface area contributed by atoms with Gasteiger partial charge in [0.15, 0.2) is 17.7 Å². The van der Waals surface area contributed by atoms with Crippen LogP contribution in [0.1, 0.15) is 7.60 Å². The SMILES string of the molecule is O.O.O.[2H]C(O)[C@H]1O[C@@H](n2cnc3c(N)ncnc32)[C@H](O)[C@@H]1O.[Na]. The quantitative estimate of drug-likeness (QED) is 0.384. The first-order valence-corrected chi connectivity index (χ1v) is 5.55. The summed E-state index contributed by atoms with van der Waals surface area (Å²) in [5.41, 5.74) is 6.32. The number of fused-ring (bicyclic) bond motifs is 1. The van der Waals surface area contributed by atoms with Gasteiger partial charge in [0.05, 0.1) is 14.3 Å².